The first-order valence-corrected chi connectivity index (χ1v) is 4.96. The second-order valence-corrected chi connectivity index (χ2v) is 3.66. The number of amides is 1. The van der Waals surface area contributed by atoms with Crippen LogP contribution in [0.15, 0.2) is 0 Å². The van der Waals surface area contributed by atoms with Crippen LogP contribution in [0.5, 0.6) is 0 Å². The summed E-state index contributed by atoms with van der Waals surface area (Å²) >= 11 is 0. The van der Waals surface area contributed by atoms with E-state index < -0.39 is 0 Å². The second kappa shape index (κ2) is 4.58. The highest BCUT2D eigenvalue weighted by molar-refractivity contribution is 5.77. The van der Waals surface area contributed by atoms with E-state index in [0.29, 0.717) is 6.42 Å². The van der Waals surface area contributed by atoms with Crippen molar-refractivity contribution in [1.29, 1.82) is 0 Å². The summed E-state index contributed by atoms with van der Waals surface area (Å²) in [7, 11) is 0. The summed E-state index contributed by atoms with van der Waals surface area (Å²) < 4.78 is 0. The number of nitrogens with two attached hydrogens (primary N) is 1. The molecule has 0 aromatic rings. The van der Waals surface area contributed by atoms with Gasteiger partial charge in [-0.2, -0.15) is 0 Å². The van der Waals surface area contributed by atoms with Crippen molar-refractivity contribution >= 4 is 5.91 Å². The Kier molecular flexibility index (Phi) is 3.69. The van der Waals surface area contributed by atoms with Gasteiger partial charge >= 0.3 is 0 Å². The molecule has 2 N–H and O–H groups in total. The van der Waals surface area contributed by atoms with Gasteiger partial charge in [-0.15, -0.1) is 0 Å². The van der Waals surface area contributed by atoms with Crippen LogP contribution in [0.2, 0.25) is 0 Å². The topological polar surface area (TPSA) is 49.6 Å². The Hall–Kier alpha value is -0.610. The largest absolute Gasteiger partial charge is 0.327 e. The van der Waals surface area contributed by atoms with Gasteiger partial charge in [0.2, 0.25) is 5.91 Å². The fourth-order valence-corrected chi connectivity index (χ4v) is 1.63. The summed E-state index contributed by atoms with van der Waals surface area (Å²) in [6.07, 6.45) is 1.65. The standard InChI is InChI=1S/C9H19N3O/c1-3-5-12-9(13)4-6-11(12)7-8(2)10/h8H,3-7,10H2,1-2H3. The molecule has 0 aromatic heterocycles. The number of nitrogens with zero attached hydrogens (tertiary/aromatic N) is 2. The molecule has 0 bridgehead atoms. The Balaban J connectivity index is 2.48. The van der Waals surface area contributed by atoms with Crippen LogP contribution in [-0.4, -0.2) is 41.6 Å². The van der Waals surface area contributed by atoms with Crippen LogP contribution < -0.4 is 5.73 Å². The highest BCUT2D eigenvalue weighted by Gasteiger charge is 2.27. The molecule has 0 aliphatic carbocycles. The van der Waals surface area contributed by atoms with Crippen molar-refractivity contribution < 1.29 is 4.79 Å². The van der Waals surface area contributed by atoms with Crippen molar-refractivity contribution in [2.24, 2.45) is 5.73 Å². The van der Waals surface area contributed by atoms with Gasteiger partial charge < -0.3 is 5.73 Å². The molecule has 0 radical (unpaired) electrons. The molecule has 1 fully saturated rings. The van der Waals surface area contributed by atoms with E-state index in [-0.39, 0.29) is 11.9 Å². The maximum atomic E-state index is 11.4. The third kappa shape index (κ3) is 2.67. The van der Waals surface area contributed by atoms with Crippen molar-refractivity contribution in [3.8, 4) is 0 Å². The van der Waals surface area contributed by atoms with E-state index in [4.69, 9.17) is 5.73 Å². The van der Waals surface area contributed by atoms with Crippen LogP contribution in [0.3, 0.4) is 0 Å². The van der Waals surface area contributed by atoms with Crippen molar-refractivity contribution in [2.75, 3.05) is 19.6 Å². The molecule has 1 saturated heterocycles. The quantitative estimate of drug-likeness (QED) is 0.680. The fourth-order valence-electron chi connectivity index (χ4n) is 1.63. The second-order valence-electron chi connectivity index (χ2n) is 3.66. The lowest BCUT2D eigenvalue weighted by Crippen LogP contribution is -2.44. The van der Waals surface area contributed by atoms with Gasteiger partial charge in [-0.05, 0) is 13.3 Å². The predicted molar refractivity (Wildman–Crippen MR) is 51.8 cm³/mol. The third-order valence-electron chi connectivity index (χ3n) is 2.15. The van der Waals surface area contributed by atoms with Crippen molar-refractivity contribution in [1.82, 2.24) is 10.0 Å². The molecule has 4 heteroatoms. The van der Waals surface area contributed by atoms with E-state index in [9.17, 15) is 4.79 Å². The van der Waals surface area contributed by atoms with Gasteiger partial charge in [-0.1, -0.05) is 6.92 Å². The normalized spacial score (nSPS) is 21.2. The summed E-state index contributed by atoms with van der Waals surface area (Å²) in [5.74, 6) is 0.238. The molecule has 1 atom stereocenters. The molecule has 13 heavy (non-hydrogen) atoms. The fraction of sp³-hybridized carbons (Fsp3) is 0.889. The minimum Gasteiger partial charge on any atom is -0.327 e. The zero-order chi connectivity index (χ0) is 9.84. The summed E-state index contributed by atoms with van der Waals surface area (Å²) in [5, 5.41) is 3.90. The van der Waals surface area contributed by atoms with Crippen LogP contribution >= 0.6 is 0 Å². The average molecular weight is 185 g/mol. The molecule has 1 unspecified atom stereocenters. The van der Waals surface area contributed by atoms with Crippen molar-refractivity contribution in [2.45, 2.75) is 32.7 Å². The van der Waals surface area contributed by atoms with E-state index in [1.165, 1.54) is 0 Å². The van der Waals surface area contributed by atoms with E-state index in [1.54, 1.807) is 0 Å². The van der Waals surface area contributed by atoms with Gasteiger partial charge in [0.15, 0.2) is 0 Å². The molecule has 1 rings (SSSR count). The minimum absolute atomic E-state index is 0.130. The Morgan fingerprint density at radius 3 is 2.85 bits per heavy atom. The first-order valence-electron chi connectivity index (χ1n) is 4.96. The molecular weight excluding hydrogens is 166 g/mol. The first-order chi connectivity index (χ1) is 6.15. The lowest BCUT2D eigenvalue weighted by Gasteiger charge is -2.28. The number of hydrazine groups is 1. The number of hydrogen-bond acceptors (Lipinski definition) is 3. The number of hydrogen-bond donors (Lipinski definition) is 1. The molecule has 0 spiro atoms. The smallest absolute Gasteiger partial charge is 0.238 e. The lowest BCUT2D eigenvalue weighted by atomic mass is 10.3. The van der Waals surface area contributed by atoms with E-state index >= 15 is 0 Å². The average Bonchev–Trinajstić information content (AvgIpc) is 2.35. The van der Waals surface area contributed by atoms with Crippen molar-refractivity contribution in [3.05, 3.63) is 0 Å². The van der Waals surface area contributed by atoms with Crippen LogP contribution in [0.1, 0.15) is 26.7 Å². The summed E-state index contributed by atoms with van der Waals surface area (Å²) in [5.41, 5.74) is 5.70. The molecule has 4 nitrogen and oxygen atoms in total. The summed E-state index contributed by atoms with van der Waals surface area (Å²) in [6.45, 7) is 6.49. The number of carbonyl (C=O) groups excluding carboxylic acids is 1. The monoisotopic (exact) mass is 185 g/mol. The Labute approximate surface area is 79.6 Å². The molecule has 1 aliphatic rings. The zero-order valence-corrected chi connectivity index (χ0v) is 8.49. The molecule has 76 valence electrons. The van der Waals surface area contributed by atoms with Gasteiger partial charge in [0.1, 0.15) is 0 Å². The minimum atomic E-state index is 0.130. The Bertz CT molecular complexity index is 182. The van der Waals surface area contributed by atoms with Crippen LogP contribution in [0.4, 0.5) is 0 Å². The number of rotatable bonds is 4. The van der Waals surface area contributed by atoms with E-state index in [1.807, 2.05) is 11.9 Å². The van der Waals surface area contributed by atoms with E-state index in [0.717, 1.165) is 26.1 Å². The van der Waals surface area contributed by atoms with Crippen molar-refractivity contribution in [3.63, 3.8) is 0 Å². The van der Waals surface area contributed by atoms with Gasteiger partial charge in [0, 0.05) is 32.1 Å². The molecule has 1 heterocycles. The Morgan fingerprint density at radius 1 is 1.62 bits per heavy atom. The molecular formula is C9H19N3O. The number of carbonyl (C=O) groups is 1. The van der Waals surface area contributed by atoms with Gasteiger partial charge in [0.25, 0.3) is 0 Å². The van der Waals surface area contributed by atoms with E-state index in [2.05, 4.69) is 11.9 Å². The lowest BCUT2D eigenvalue weighted by molar-refractivity contribution is -0.138. The maximum absolute atomic E-state index is 11.4. The first kappa shape index (κ1) is 10.5. The summed E-state index contributed by atoms with van der Waals surface area (Å²) in [4.78, 5) is 11.4. The van der Waals surface area contributed by atoms with Gasteiger partial charge in [-0.25, -0.2) is 5.01 Å². The van der Waals surface area contributed by atoms with Crippen LogP contribution in [-0.2, 0) is 4.79 Å². The molecule has 1 amide bonds. The summed E-state index contributed by atoms with van der Waals surface area (Å²) in [6, 6.07) is 0.130. The zero-order valence-electron chi connectivity index (χ0n) is 8.49. The van der Waals surface area contributed by atoms with Gasteiger partial charge in [-0.3, -0.25) is 9.80 Å². The predicted octanol–water partition coefficient (Wildman–Crippen LogP) is 0.193. The molecule has 0 saturated carbocycles. The van der Waals surface area contributed by atoms with Gasteiger partial charge in [0.05, 0.1) is 0 Å². The SMILES string of the molecule is CCCN1C(=O)CCN1CC(C)N. The van der Waals surface area contributed by atoms with Crippen LogP contribution in [0, 0.1) is 0 Å². The molecule has 0 aromatic carbocycles. The molecule has 1 aliphatic heterocycles. The highest BCUT2D eigenvalue weighted by atomic mass is 16.2. The Morgan fingerprint density at radius 2 is 2.31 bits per heavy atom. The maximum Gasteiger partial charge on any atom is 0.238 e. The highest BCUT2D eigenvalue weighted by Crippen LogP contribution is 2.12. The third-order valence-corrected chi connectivity index (χ3v) is 2.15. The van der Waals surface area contributed by atoms with Crippen LogP contribution in [0.25, 0.3) is 0 Å².